The van der Waals surface area contributed by atoms with E-state index >= 15 is 0 Å². The van der Waals surface area contributed by atoms with Gasteiger partial charge in [0.15, 0.2) is 0 Å². The van der Waals surface area contributed by atoms with Crippen LogP contribution < -0.4 is 0 Å². The van der Waals surface area contributed by atoms with E-state index < -0.39 is 0 Å². The van der Waals surface area contributed by atoms with Gasteiger partial charge in [0.25, 0.3) is 0 Å². The summed E-state index contributed by atoms with van der Waals surface area (Å²) in [5.41, 5.74) is 6.83. The van der Waals surface area contributed by atoms with Crippen LogP contribution in [0.15, 0.2) is 108 Å². The Morgan fingerprint density at radius 2 is 1.17 bits per heavy atom. The summed E-state index contributed by atoms with van der Waals surface area (Å²) in [4.78, 5) is 4.53. The molecule has 1 nitrogen and oxygen atoms in total. The molecule has 29 heavy (non-hydrogen) atoms. The van der Waals surface area contributed by atoms with Crippen LogP contribution in [0.1, 0.15) is 37.5 Å². The van der Waals surface area contributed by atoms with E-state index in [1.807, 2.05) is 30.3 Å². The number of aliphatic imine (C=N–C) groups is 1. The van der Waals surface area contributed by atoms with E-state index in [4.69, 9.17) is 0 Å². The third-order valence-corrected chi connectivity index (χ3v) is 4.54. The van der Waals surface area contributed by atoms with Gasteiger partial charge in [-0.05, 0) is 60.6 Å². The quantitative estimate of drug-likeness (QED) is 0.315. The lowest BCUT2D eigenvalue weighted by atomic mass is 9.96. The molecule has 0 amide bonds. The summed E-state index contributed by atoms with van der Waals surface area (Å²) in [5, 5.41) is 0. The fraction of sp³-hybridized carbons (Fsp3) is 0.143. The number of nitrogens with zero attached hydrogens (tertiary/aromatic N) is 1. The molecule has 3 aromatic carbocycles. The minimum atomic E-state index is 0.198. The lowest BCUT2D eigenvalue weighted by molar-refractivity contribution is 0.843. The molecule has 0 saturated heterocycles. The standard InChI is InChI=1S/C28H27N/c1-22(2)29-21-28(26-17-11-6-12-18-26)20-27(25-15-9-5-10-16-25)19-23(3)24-13-7-4-8-14-24/h4-20,22H,1-3H3/b23-19-,27-20+. The largest absolute Gasteiger partial charge is 0.240 e. The van der Waals surface area contributed by atoms with E-state index in [0.717, 1.165) is 16.7 Å². The van der Waals surface area contributed by atoms with Gasteiger partial charge < -0.3 is 0 Å². The fourth-order valence-electron chi connectivity index (χ4n) is 3.01. The Balaban J connectivity index is 2.16. The van der Waals surface area contributed by atoms with Gasteiger partial charge >= 0.3 is 0 Å². The summed E-state index contributed by atoms with van der Waals surface area (Å²) in [7, 11) is 0. The van der Waals surface area contributed by atoms with Gasteiger partial charge in [0.2, 0.25) is 0 Å². The number of benzene rings is 3. The summed E-state index contributed by atoms with van der Waals surface area (Å²) < 4.78 is 0. The molecular weight excluding hydrogens is 350 g/mol. The summed E-state index contributed by atoms with van der Waals surface area (Å²) >= 11 is 0. The molecule has 0 N–H and O–H groups in total. The normalized spacial score (nSPS) is 11.9. The molecule has 0 radical (unpaired) electrons. The molecule has 0 aliphatic rings. The van der Waals surface area contributed by atoms with Crippen molar-refractivity contribution < 1.29 is 0 Å². The second-order valence-corrected chi connectivity index (χ2v) is 7.27. The number of rotatable bonds is 6. The molecule has 0 aliphatic carbocycles. The lowest BCUT2D eigenvalue weighted by Crippen LogP contribution is -1.90. The first kappa shape index (κ1) is 20.3. The molecule has 1 heteroatoms. The summed E-state index contributed by atoms with van der Waals surface area (Å²) in [6.07, 6.45) is 4.42. The van der Waals surface area contributed by atoms with Crippen molar-refractivity contribution in [2.24, 2.45) is 4.99 Å². The molecular formula is C28H27N. The summed E-state index contributed by atoms with van der Waals surface area (Å²) in [6.45, 7) is 6.29. The average molecular weight is 378 g/mol. The molecule has 0 aromatic heterocycles. The van der Waals surface area contributed by atoms with E-state index in [9.17, 15) is 0 Å². The van der Waals surface area contributed by atoms with E-state index in [1.165, 1.54) is 16.7 Å². The first-order chi connectivity index (χ1) is 14.1. The lowest BCUT2D eigenvalue weighted by Gasteiger charge is -2.08. The zero-order valence-electron chi connectivity index (χ0n) is 17.3. The third-order valence-electron chi connectivity index (χ3n) is 4.54. The highest BCUT2D eigenvalue weighted by atomic mass is 14.7. The third kappa shape index (κ3) is 6.04. The minimum Gasteiger partial charge on any atom is -0.240 e. The predicted octanol–water partition coefficient (Wildman–Crippen LogP) is 7.34. The molecule has 0 unspecified atom stereocenters. The second kappa shape index (κ2) is 10.2. The Morgan fingerprint density at radius 1 is 0.690 bits per heavy atom. The Morgan fingerprint density at radius 3 is 1.69 bits per heavy atom. The first-order valence-corrected chi connectivity index (χ1v) is 10.0. The van der Waals surface area contributed by atoms with Crippen molar-refractivity contribution in [3.63, 3.8) is 0 Å². The van der Waals surface area contributed by atoms with Crippen molar-refractivity contribution in [3.05, 3.63) is 120 Å². The minimum absolute atomic E-state index is 0.198. The van der Waals surface area contributed by atoms with Gasteiger partial charge in [-0.1, -0.05) is 97.1 Å². The molecule has 144 valence electrons. The first-order valence-electron chi connectivity index (χ1n) is 10.0. The van der Waals surface area contributed by atoms with Gasteiger partial charge in [0.1, 0.15) is 0 Å². The van der Waals surface area contributed by atoms with Crippen LogP contribution in [-0.2, 0) is 0 Å². The van der Waals surface area contributed by atoms with E-state index in [0.29, 0.717) is 0 Å². The van der Waals surface area contributed by atoms with Crippen molar-refractivity contribution in [1.82, 2.24) is 0 Å². The highest BCUT2D eigenvalue weighted by Crippen LogP contribution is 2.26. The zero-order valence-corrected chi connectivity index (χ0v) is 17.3. The van der Waals surface area contributed by atoms with Crippen molar-refractivity contribution >= 4 is 22.6 Å². The Kier molecular flexibility index (Phi) is 7.16. The zero-order chi connectivity index (χ0) is 20.5. The van der Waals surface area contributed by atoms with Gasteiger partial charge in [-0.2, -0.15) is 0 Å². The summed E-state index contributed by atoms with van der Waals surface area (Å²) in [5.74, 6) is 3.28. The van der Waals surface area contributed by atoms with Gasteiger partial charge in [0.05, 0.1) is 6.04 Å². The maximum absolute atomic E-state index is 4.53. The van der Waals surface area contributed by atoms with Crippen LogP contribution >= 0.6 is 0 Å². The van der Waals surface area contributed by atoms with Crippen LogP contribution in [0.2, 0.25) is 0 Å². The van der Waals surface area contributed by atoms with Crippen LogP contribution in [0.4, 0.5) is 0 Å². The maximum atomic E-state index is 4.53. The van der Waals surface area contributed by atoms with Crippen LogP contribution in [0.3, 0.4) is 0 Å². The molecule has 0 fully saturated rings. The van der Waals surface area contributed by atoms with Crippen LogP contribution in [0, 0.1) is 0 Å². The van der Waals surface area contributed by atoms with Crippen LogP contribution in [-0.4, -0.2) is 11.9 Å². The summed E-state index contributed by atoms with van der Waals surface area (Å²) in [6, 6.07) is 31.5. The van der Waals surface area contributed by atoms with Gasteiger partial charge in [-0.15, -0.1) is 0 Å². The highest BCUT2D eigenvalue weighted by molar-refractivity contribution is 6.01. The van der Waals surface area contributed by atoms with Gasteiger partial charge in [-0.25, -0.2) is 4.99 Å². The fourth-order valence-corrected chi connectivity index (χ4v) is 3.01. The molecule has 3 aromatic rings. The maximum Gasteiger partial charge on any atom is 0.0537 e. The van der Waals surface area contributed by atoms with E-state index in [-0.39, 0.29) is 6.04 Å². The average Bonchev–Trinajstić information content (AvgIpc) is 2.77. The van der Waals surface area contributed by atoms with Crippen LogP contribution in [0.5, 0.6) is 0 Å². The van der Waals surface area contributed by atoms with E-state index in [2.05, 4.69) is 104 Å². The van der Waals surface area contributed by atoms with Crippen molar-refractivity contribution in [2.75, 3.05) is 0 Å². The molecule has 0 aliphatic heterocycles. The van der Waals surface area contributed by atoms with Crippen LogP contribution in [0.25, 0.3) is 16.7 Å². The second-order valence-electron chi connectivity index (χ2n) is 7.27. The number of hydrogen-bond acceptors (Lipinski definition) is 1. The topological polar surface area (TPSA) is 12.4 Å². The molecule has 3 rings (SSSR count). The number of hydrogen-bond donors (Lipinski definition) is 0. The molecule has 0 saturated carbocycles. The van der Waals surface area contributed by atoms with Crippen molar-refractivity contribution in [2.45, 2.75) is 26.8 Å². The molecule has 0 atom stereocenters. The Hall–Kier alpha value is -3.41. The monoisotopic (exact) mass is 377 g/mol. The molecule has 0 bridgehead atoms. The highest BCUT2D eigenvalue weighted by Gasteiger charge is 2.05. The van der Waals surface area contributed by atoms with Crippen molar-refractivity contribution in [3.8, 4) is 0 Å². The van der Waals surface area contributed by atoms with Crippen molar-refractivity contribution in [1.29, 1.82) is 0 Å². The molecule has 0 heterocycles. The van der Waals surface area contributed by atoms with Gasteiger partial charge in [-0.3, -0.25) is 0 Å². The SMILES string of the molecule is C/C(=C/C(=C\C(=C=NC(C)C)c1ccccc1)c1ccccc1)c1ccccc1. The smallest absolute Gasteiger partial charge is 0.0537 e. The van der Waals surface area contributed by atoms with E-state index in [1.54, 1.807) is 0 Å². The molecule has 0 spiro atoms. The Labute approximate surface area is 174 Å². The number of allylic oxidation sites excluding steroid dienone is 5. The van der Waals surface area contributed by atoms with Gasteiger partial charge in [0, 0.05) is 5.57 Å². The Bertz CT molecular complexity index is 1030. The predicted molar refractivity (Wildman–Crippen MR) is 127 cm³/mol.